The van der Waals surface area contributed by atoms with Gasteiger partial charge in [0.25, 0.3) is 5.91 Å². The van der Waals surface area contributed by atoms with Crippen molar-refractivity contribution in [3.8, 4) is 11.5 Å². The molecular formula is C20H28N2O4. The van der Waals surface area contributed by atoms with E-state index in [1.54, 1.807) is 25.3 Å². The number of methoxy groups -OCH3 is 2. The summed E-state index contributed by atoms with van der Waals surface area (Å²) in [6, 6.07) is 5.34. The summed E-state index contributed by atoms with van der Waals surface area (Å²) in [6.07, 6.45) is 7.17. The number of likely N-dealkylation sites (tertiary alicyclic amines) is 1. The molecule has 2 amide bonds. The molecule has 1 aliphatic carbocycles. The average molecular weight is 360 g/mol. The molecule has 26 heavy (non-hydrogen) atoms. The van der Waals surface area contributed by atoms with E-state index in [1.165, 1.54) is 32.8 Å². The molecule has 2 aliphatic rings. The minimum absolute atomic E-state index is 0.0215. The maximum absolute atomic E-state index is 12.6. The Kier molecular flexibility index (Phi) is 6.01. The van der Waals surface area contributed by atoms with E-state index in [9.17, 15) is 9.59 Å². The molecule has 2 fully saturated rings. The van der Waals surface area contributed by atoms with Crippen LogP contribution in [0.25, 0.3) is 0 Å². The molecule has 1 aromatic carbocycles. The van der Waals surface area contributed by atoms with E-state index < -0.39 is 0 Å². The number of hydrogen-bond acceptors (Lipinski definition) is 4. The van der Waals surface area contributed by atoms with E-state index >= 15 is 0 Å². The standard InChI is InChI=1S/C20H28N2O4/c1-25-17-10-9-15(12-18(17)26-2)20(24)21-13-19(23)22-11-5-8-16(22)14-6-3-4-7-14/h9-10,12,14,16H,3-8,11,13H2,1-2H3,(H,21,24). The molecule has 1 aliphatic heterocycles. The fourth-order valence-electron chi connectivity index (χ4n) is 4.27. The van der Waals surface area contributed by atoms with Gasteiger partial charge in [-0.3, -0.25) is 9.59 Å². The SMILES string of the molecule is COc1ccc(C(=O)NCC(=O)N2CCCC2C2CCCC2)cc1OC. The first-order valence-electron chi connectivity index (χ1n) is 9.43. The lowest BCUT2D eigenvalue weighted by atomic mass is 9.96. The van der Waals surface area contributed by atoms with Gasteiger partial charge in [-0.25, -0.2) is 0 Å². The number of nitrogens with zero attached hydrogens (tertiary/aromatic N) is 1. The highest BCUT2D eigenvalue weighted by atomic mass is 16.5. The summed E-state index contributed by atoms with van der Waals surface area (Å²) in [5.74, 6) is 1.44. The van der Waals surface area contributed by atoms with Crippen LogP contribution in [0.5, 0.6) is 11.5 Å². The highest BCUT2D eigenvalue weighted by Gasteiger charge is 2.35. The maximum Gasteiger partial charge on any atom is 0.251 e. The molecule has 0 bridgehead atoms. The lowest BCUT2D eigenvalue weighted by Crippen LogP contribution is -2.44. The van der Waals surface area contributed by atoms with Gasteiger partial charge in [0, 0.05) is 18.2 Å². The van der Waals surface area contributed by atoms with E-state index in [1.807, 2.05) is 4.90 Å². The van der Waals surface area contributed by atoms with Gasteiger partial charge in [0.05, 0.1) is 20.8 Å². The molecule has 1 aromatic rings. The van der Waals surface area contributed by atoms with Gasteiger partial charge < -0.3 is 19.7 Å². The van der Waals surface area contributed by atoms with Gasteiger partial charge in [-0.05, 0) is 49.8 Å². The summed E-state index contributed by atoms with van der Waals surface area (Å²) in [6.45, 7) is 0.850. The molecule has 1 heterocycles. The fraction of sp³-hybridized carbons (Fsp3) is 0.600. The van der Waals surface area contributed by atoms with Gasteiger partial charge in [-0.1, -0.05) is 12.8 Å². The summed E-state index contributed by atoms with van der Waals surface area (Å²) >= 11 is 0. The lowest BCUT2D eigenvalue weighted by molar-refractivity contribution is -0.131. The first-order valence-corrected chi connectivity index (χ1v) is 9.43. The summed E-state index contributed by atoms with van der Waals surface area (Å²) in [4.78, 5) is 27.0. The van der Waals surface area contributed by atoms with Crippen molar-refractivity contribution in [1.82, 2.24) is 10.2 Å². The van der Waals surface area contributed by atoms with E-state index in [0.717, 1.165) is 19.4 Å². The predicted octanol–water partition coefficient (Wildman–Crippen LogP) is 2.61. The molecule has 1 unspecified atom stereocenters. The number of amides is 2. The van der Waals surface area contributed by atoms with Crippen molar-refractivity contribution in [2.24, 2.45) is 5.92 Å². The van der Waals surface area contributed by atoms with Crippen LogP contribution in [0.4, 0.5) is 0 Å². The molecule has 0 aromatic heterocycles. The second-order valence-corrected chi connectivity index (χ2v) is 7.09. The summed E-state index contributed by atoms with van der Waals surface area (Å²) < 4.78 is 10.4. The molecular weight excluding hydrogens is 332 g/mol. The van der Waals surface area contributed by atoms with Gasteiger partial charge in [-0.15, -0.1) is 0 Å². The van der Waals surface area contributed by atoms with E-state index in [4.69, 9.17) is 9.47 Å². The van der Waals surface area contributed by atoms with Crippen LogP contribution in [-0.2, 0) is 4.79 Å². The number of ether oxygens (including phenoxy) is 2. The zero-order valence-electron chi connectivity index (χ0n) is 15.6. The minimum Gasteiger partial charge on any atom is -0.493 e. The lowest BCUT2D eigenvalue weighted by Gasteiger charge is -2.29. The number of carbonyl (C=O) groups is 2. The first-order chi connectivity index (χ1) is 12.6. The highest BCUT2D eigenvalue weighted by molar-refractivity contribution is 5.97. The zero-order valence-corrected chi connectivity index (χ0v) is 15.6. The third-order valence-electron chi connectivity index (χ3n) is 5.61. The van der Waals surface area contributed by atoms with Crippen molar-refractivity contribution in [3.63, 3.8) is 0 Å². The number of hydrogen-bond donors (Lipinski definition) is 1. The van der Waals surface area contributed by atoms with Crippen molar-refractivity contribution in [1.29, 1.82) is 0 Å². The molecule has 3 rings (SSSR count). The predicted molar refractivity (Wildman–Crippen MR) is 98.6 cm³/mol. The summed E-state index contributed by atoms with van der Waals surface area (Å²) in [5.41, 5.74) is 0.448. The summed E-state index contributed by atoms with van der Waals surface area (Å²) in [5, 5.41) is 2.75. The number of nitrogens with one attached hydrogen (secondary N) is 1. The topological polar surface area (TPSA) is 67.9 Å². The Morgan fingerprint density at radius 1 is 1.08 bits per heavy atom. The van der Waals surface area contributed by atoms with Crippen LogP contribution in [0.1, 0.15) is 48.9 Å². The molecule has 1 N–H and O–H groups in total. The van der Waals surface area contributed by atoms with E-state index in [-0.39, 0.29) is 18.4 Å². The number of rotatable bonds is 6. The van der Waals surface area contributed by atoms with Gasteiger partial charge in [0.1, 0.15) is 0 Å². The van der Waals surface area contributed by atoms with E-state index in [2.05, 4.69) is 5.32 Å². The smallest absolute Gasteiger partial charge is 0.251 e. The Bertz CT molecular complexity index is 655. The number of carbonyl (C=O) groups excluding carboxylic acids is 2. The highest BCUT2D eigenvalue weighted by Crippen LogP contribution is 2.35. The van der Waals surface area contributed by atoms with Crippen LogP contribution in [0.2, 0.25) is 0 Å². The van der Waals surface area contributed by atoms with Crippen molar-refractivity contribution in [3.05, 3.63) is 23.8 Å². The van der Waals surface area contributed by atoms with Gasteiger partial charge in [0.2, 0.25) is 5.91 Å². The van der Waals surface area contributed by atoms with Gasteiger partial charge >= 0.3 is 0 Å². The molecule has 1 saturated heterocycles. The minimum atomic E-state index is -0.282. The third-order valence-corrected chi connectivity index (χ3v) is 5.61. The molecule has 0 radical (unpaired) electrons. The quantitative estimate of drug-likeness (QED) is 0.847. The zero-order chi connectivity index (χ0) is 18.5. The van der Waals surface area contributed by atoms with Crippen LogP contribution in [-0.4, -0.2) is 50.1 Å². The Labute approximate surface area is 154 Å². The monoisotopic (exact) mass is 360 g/mol. The number of benzene rings is 1. The van der Waals surface area contributed by atoms with Crippen molar-refractivity contribution < 1.29 is 19.1 Å². The van der Waals surface area contributed by atoms with Crippen LogP contribution >= 0.6 is 0 Å². The van der Waals surface area contributed by atoms with Crippen molar-refractivity contribution in [2.75, 3.05) is 27.3 Å². The largest absolute Gasteiger partial charge is 0.493 e. The van der Waals surface area contributed by atoms with Crippen LogP contribution < -0.4 is 14.8 Å². The second kappa shape index (κ2) is 8.43. The van der Waals surface area contributed by atoms with Crippen molar-refractivity contribution in [2.45, 2.75) is 44.6 Å². The molecule has 6 nitrogen and oxygen atoms in total. The van der Waals surface area contributed by atoms with Gasteiger partial charge in [-0.2, -0.15) is 0 Å². The van der Waals surface area contributed by atoms with Crippen molar-refractivity contribution >= 4 is 11.8 Å². The first kappa shape index (κ1) is 18.5. The van der Waals surface area contributed by atoms with Crippen LogP contribution in [0.15, 0.2) is 18.2 Å². The maximum atomic E-state index is 12.6. The van der Waals surface area contributed by atoms with E-state index in [0.29, 0.717) is 29.0 Å². The average Bonchev–Trinajstić information content (AvgIpc) is 3.36. The molecule has 1 atom stereocenters. The second-order valence-electron chi connectivity index (χ2n) is 7.09. The summed E-state index contributed by atoms with van der Waals surface area (Å²) in [7, 11) is 3.08. The molecule has 0 spiro atoms. The Morgan fingerprint density at radius 3 is 2.50 bits per heavy atom. The Hall–Kier alpha value is -2.24. The molecule has 6 heteroatoms. The van der Waals surface area contributed by atoms with Gasteiger partial charge in [0.15, 0.2) is 11.5 Å². The Morgan fingerprint density at radius 2 is 1.81 bits per heavy atom. The normalized spacial score (nSPS) is 20.2. The molecule has 1 saturated carbocycles. The molecule has 142 valence electrons. The third kappa shape index (κ3) is 3.94. The Balaban J connectivity index is 1.57. The van der Waals surface area contributed by atoms with Crippen LogP contribution in [0, 0.1) is 5.92 Å². The van der Waals surface area contributed by atoms with Crippen LogP contribution in [0.3, 0.4) is 0 Å². The fourth-order valence-corrected chi connectivity index (χ4v) is 4.27.